The minimum absolute atomic E-state index is 0.225. The first-order chi connectivity index (χ1) is 15.1. The van der Waals surface area contributed by atoms with Crippen LogP contribution in [0.4, 0.5) is 4.39 Å². The molecule has 1 saturated carbocycles. The van der Waals surface area contributed by atoms with Crippen molar-refractivity contribution in [1.29, 1.82) is 0 Å². The van der Waals surface area contributed by atoms with E-state index < -0.39 is 0 Å². The molecule has 2 N–H and O–H groups in total. The first kappa shape index (κ1) is 21.8. The summed E-state index contributed by atoms with van der Waals surface area (Å²) in [6.45, 7) is 3.27. The number of nitrogens with two attached hydrogens (primary N) is 1. The molecule has 5 heteroatoms. The van der Waals surface area contributed by atoms with Crippen LogP contribution in [0.2, 0.25) is 0 Å². The Hall–Kier alpha value is -2.40. The highest BCUT2D eigenvalue weighted by Gasteiger charge is 2.26. The first-order valence-corrected chi connectivity index (χ1v) is 11.6. The van der Waals surface area contributed by atoms with Gasteiger partial charge in [-0.25, -0.2) is 4.39 Å². The quantitative estimate of drug-likeness (QED) is 0.670. The lowest BCUT2D eigenvalue weighted by Crippen LogP contribution is -2.39. The number of hydrogen-bond donors (Lipinski definition) is 1. The summed E-state index contributed by atoms with van der Waals surface area (Å²) in [5, 5.41) is 0. The largest absolute Gasteiger partial charge is 0.490 e. The van der Waals surface area contributed by atoms with Crippen molar-refractivity contribution in [2.75, 3.05) is 19.6 Å². The molecular weight excluding hydrogens is 391 g/mol. The molecule has 31 heavy (non-hydrogen) atoms. The fourth-order valence-corrected chi connectivity index (χ4v) is 5.16. The number of likely N-dealkylation sites (tertiary alicyclic amines) is 1. The third-order valence-electron chi connectivity index (χ3n) is 7.02. The molecule has 4 nitrogen and oxygen atoms in total. The lowest BCUT2D eigenvalue weighted by atomic mass is 9.76. The van der Waals surface area contributed by atoms with E-state index in [-0.39, 0.29) is 17.8 Å². The van der Waals surface area contributed by atoms with E-state index in [1.54, 1.807) is 12.1 Å². The number of rotatable bonds is 7. The lowest BCUT2D eigenvalue weighted by Gasteiger charge is -2.34. The van der Waals surface area contributed by atoms with Crippen LogP contribution in [-0.4, -0.2) is 36.5 Å². The summed E-state index contributed by atoms with van der Waals surface area (Å²) in [5.41, 5.74) is 7.40. The standard InChI is InChI=1S/C26H33FN2O2/c27-21-9-11-22(12-10-21)31-23-14-17-29(18-15-23)16-13-19-5-7-20(8-6-19)24-3-1-2-4-25(24)26(28)30/h1-4,9-12,19-20,23H,5-8,13-18H2,(H2,28,30). The maximum Gasteiger partial charge on any atom is 0.248 e. The number of nitrogens with zero attached hydrogens (tertiary/aromatic N) is 1. The lowest BCUT2D eigenvalue weighted by molar-refractivity contribution is 0.0951. The van der Waals surface area contributed by atoms with Crippen molar-refractivity contribution in [1.82, 2.24) is 4.90 Å². The molecule has 0 aromatic heterocycles. The molecule has 166 valence electrons. The molecule has 1 aliphatic carbocycles. The second-order valence-corrected chi connectivity index (χ2v) is 9.07. The summed E-state index contributed by atoms with van der Waals surface area (Å²) in [6.07, 6.45) is 8.24. The molecule has 2 aromatic rings. The molecular formula is C26H33FN2O2. The van der Waals surface area contributed by atoms with Crippen LogP contribution in [0.15, 0.2) is 48.5 Å². The van der Waals surface area contributed by atoms with Gasteiger partial charge in [-0.15, -0.1) is 0 Å². The summed E-state index contributed by atoms with van der Waals surface area (Å²) in [4.78, 5) is 14.3. The molecule has 0 spiro atoms. The zero-order chi connectivity index (χ0) is 21.6. The highest BCUT2D eigenvalue weighted by Crippen LogP contribution is 2.38. The number of hydrogen-bond acceptors (Lipinski definition) is 3. The first-order valence-electron chi connectivity index (χ1n) is 11.6. The Morgan fingerprint density at radius 1 is 0.968 bits per heavy atom. The van der Waals surface area contributed by atoms with E-state index in [0.29, 0.717) is 11.5 Å². The number of piperidine rings is 1. The van der Waals surface area contributed by atoms with Crippen molar-refractivity contribution in [3.05, 3.63) is 65.5 Å². The topological polar surface area (TPSA) is 55.6 Å². The molecule has 0 unspecified atom stereocenters. The Bertz CT molecular complexity index is 854. The molecule has 1 amide bonds. The van der Waals surface area contributed by atoms with Gasteiger partial charge in [-0.1, -0.05) is 18.2 Å². The van der Waals surface area contributed by atoms with Gasteiger partial charge >= 0.3 is 0 Å². The van der Waals surface area contributed by atoms with Crippen LogP contribution in [-0.2, 0) is 0 Å². The van der Waals surface area contributed by atoms with Crippen molar-refractivity contribution in [3.63, 3.8) is 0 Å². The minimum atomic E-state index is -0.315. The molecule has 0 bridgehead atoms. The molecule has 1 heterocycles. The third kappa shape index (κ3) is 5.85. The Kier molecular flexibility index (Phi) is 7.23. The maximum atomic E-state index is 13.0. The molecule has 1 saturated heterocycles. The highest BCUT2D eigenvalue weighted by atomic mass is 19.1. The van der Waals surface area contributed by atoms with Gasteiger partial charge in [-0.2, -0.15) is 0 Å². The van der Waals surface area contributed by atoms with Crippen LogP contribution in [0.5, 0.6) is 5.75 Å². The van der Waals surface area contributed by atoms with Gasteiger partial charge in [0.2, 0.25) is 5.91 Å². The summed E-state index contributed by atoms with van der Waals surface area (Å²) in [5.74, 6) is 1.44. The van der Waals surface area contributed by atoms with Gasteiger partial charge in [-0.3, -0.25) is 4.79 Å². The Morgan fingerprint density at radius 3 is 2.32 bits per heavy atom. The van der Waals surface area contributed by atoms with Gasteiger partial charge < -0.3 is 15.4 Å². The number of ether oxygens (including phenoxy) is 1. The fraction of sp³-hybridized carbons (Fsp3) is 0.500. The van der Waals surface area contributed by atoms with Crippen LogP contribution in [0.25, 0.3) is 0 Å². The Labute approximate surface area is 184 Å². The minimum Gasteiger partial charge on any atom is -0.490 e. The Balaban J connectivity index is 1.17. The van der Waals surface area contributed by atoms with Gasteiger partial charge in [0.1, 0.15) is 17.7 Å². The van der Waals surface area contributed by atoms with E-state index in [1.165, 1.54) is 31.4 Å². The van der Waals surface area contributed by atoms with E-state index in [2.05, 4.69) is 11.0 Å². The average molecular weight is 425 g/mol. The molecule has 0 radical (unpaired) electrons. The van der Waals surface area contributed by atoms with Crippen molar-refractivity contribution in [3.8, 4) is 5.75 Å². The zero-order valence-corrected chi connectivity index (χ0v) is 18.1. The second kappa shape index (κ2) is 10.3. The van der Waals surface area contributed by atoms with Gasteiger partial charge in [0, 0.05) is 18.7 Å². The average Bonchev–Trinajstić information content (AvgIpc) is 2.80. The number of halogens is 1. The van der Waals surface area contributed by atoms with Crippen LogP contribution < -0.4 is 10.5 Å². The Morgan fingerprint density at radius 2 is 1.65 bits per heavy atom. The highest BCUT2D eigenvalue weighted by molar-refractivity contribution is 5.94. The van der Waals surface area contributed by atoms with E-state index in [9.17, 15) is 9.18 Å². The predicted molar refractivity (Wildman–Crippen MR) is 121 cm³/mol. The summed E-state index contributed by atoms with van der Waals surface area (Å²) in [6, 6.07) is 14.1. The summed E-state index contributed by atoms with van der Waals surface area (Å²) < 4.78 is 19.0. The number of carbonyl (C=O) groups excluding carboxylic acids is 1. The summed E-state index contributed by atoms with van der Waals surface area (Å²) >= 11 is 0. The van der Waals surface area contributed by atoms with Crippen molar-refractivity contribution < 1.29 is 13.9 Å². The van der Waals surface area contributed by atoms with Gasteiger partial charge in [-0.05, 0) is 99.2 Å². The smallest absolute Gasteiger partial charge is 0.248 e. The summed E-state index contributed by atoms with van der Waals surface area (Å²) in [7, 11) is 0. The van der Waals surface area contributed by atoms with Crippen molar-refractivity contribution >= 4 is 5.91 Å². The number of amides is 1. The zero-order valence-electron chi connectivity index (χ0n) is 18.1. The SMILES string of the molecule is NC(=O)c1ccccc1C1CCC(CCN2CCC(Oc3ccc(F)cc3)CC2)CC1. The number of primary amides is 1. The third-order valence-corrected chi connectivity index (χ3v) is 7.02. The van der Waals surface area contributed by atoms with Crippen LogP contribution in [0.1, 0.15) is 66.8 Å². The number of carbonyl (C=O) groups is 1. The normalized spacial score (nSPS) is 22.9. The van der Waals surface area contributed by atoms with Gasteiger partial charge in [0.15, 0.2) is 0 Å². The van der Waals surface area contributed by atoms with Gasteiger partial charge in [0.05, 0.1) is 0 Å². The predicted octanol–water partition coefficient (Wildman–Crippen LogP) is 5.13. The van der Waals surface area contributed by atoms with Crippen LogP contribution in [0.3, 0.4) is 0 Å². The maximum absolute atomic E-state index is 13.0. The molecule has 4 rings (SSSR count). The molecule has 2 fully saturated rings. The second-order valence-electron chi connectivity index (χ2n) is 9.07. The van der Waals surface area contributed by atoms with Crippen molar-refractivity contribution in [2.45, 2.75) is 57.0 Å². The van der Waals surface area contributed by atoms with Gasteiger partial charge in [0.25, 0.3) is 0 Å². The van der Waals surface area contributed by atoms with E-state index in [1.807, 2.05) is 18.2 Å². The monoisotopic (exact) mass is 424 g/mol. The molecule has 1 aliphatic heterocycles. The fourth-order valence-electron chi connectivity index (χ4n) is 5.16. The molecule has 2 aliphatic rings. The van der Waals surface area contributed by atoms with Crippen molar-refractivity contribution in [2.24, 2.45) is 11.7 Å². The van der Waals surface area contributed by atoms with Crippen LogP contribution >= 0.6 is 0 Å². The number of benzene rings is 2. The van der Waals surface area contributed by atoms with E-state index in [0.717, 1.165) is 62.5 Å². The van der Waals surface area contributed by atoms with E-state index >= 15 is 0 Å². The van der Waals surface area contributed by atoms with Crippen LogP contribution in [0, 0.1) is 11.7 Å². The van der Waals surface area contributed by atoms with E-state index in [4.69, 9.17) is 10.5 Å². The molecule has 2 aromatic carbocycles. The molecule has 0 atom stereocenters.